The highest BCUT2D eigenvalue weighted by Crippen LogP contribution is 2.38. The molecule has 36 heavy (non-hydrogen) atoms. The van der Waals surface area contributed by atoms with Gasteiger partial charge in [-0.3, -0.25) is 24.2 Å². The maximum absolute atomic E-state index is 14.2. The highest BCUT2D eigenvalue weighted by atomic mass is 16.5. The SMILES string of the molecule is COc1ccc(C(=O)N2CC(=O)N(C3CCCCC3)C(=O)C23CCN(Cc2ccccc2)CC3)cc1. The van der Waals surface area contributed by atoms with E-state index in [1.807, 2.05) is 18.2 Å². The summed E-state index contributed by atoms with van der Waals surface area (Å²) < 4.78 is 5.23. The maximum atomic E-state index is 14.2. The smallest absolute Gasteiger partial charge is 0.255 e. The van der Waals surface area contributed by atoms with Crippen LogP contribution in [0.1, 0.15) is 60.9 Å². The van der Waals surface area contributed by atoms with Crippen LogP contribution in [0.15, 0.2) is 54.6 Å². The lowest BCUT2D eigenvalue weighted by atomic mass is 9.80. The van der Waals surface area contributed by atoms with E-state index in [1.54, 1.807) is 41.2 Å². The number of carbonyl (C=O) groups excluding carboxylic acids is 3. The van der Waals surface area contributed by atoms with Gasteiger partial charge >= 0.3 is 0 Å². The van der Waals surface area contributed by atoms with Crippen LogP contribution in [0.25, 0.3) is 0 Å². The molecule has 0 bridgehead atoms. The molecule has 190 valence electrons. The van der Waals surface area contributed by atoms with Gasteiger partial charge in [0.1, 0.15) is 17.8 Å². The van der Waals surface area contributed by atoms with Gasteiger partial charge in [-0.1, -0.05) is 49.6 Å². The third-order valence-corrected chi connectivity index (χ3v) is 8.15. The number of benzene rings is 2. The Morgan fingerprint density at radius 1 is 0.944 bits per heavy atom. The number of imide groups is 1. The van der Waals surface area contributed by atoms with Crippen molar-refractivity contribution in [3.8, 4) is 5.75 Å². The van der Waals surface area contributed by atoms with Crippen molar-refractivity contribution in [3.05, 3.63) is 65.7 Å². The van der Waals surface area contributed by atoms with Gasteiger partial charge in [0.05, 0.1) is 7.11 Å². The van der Waals surface area contributed by atoms with Crippen LogP contribution in [-0.2, 0) is 16.1 Å². The number of piperidine rings is 1. The molecule has 1 aliphatic carbocycles. The summed E-state index contributed by atoms with van der Waals surface area (Å²) in [6.45, 7) is 2.15. The van der Waals surface area contributed by atoms with Gasteiger partial charge in [-0.25, -0.2) is 0 Å². The van der Waals surface area contributed by atoms with E-state index in [1.165, 1.54) is 5.56 Å². The molecule has 1 saturated carbocycles. The van der Waals surface area contributed by atoms with Crippen molar-refractivity contribution in [2.24, 2.45) is 0 Å². The van der Waals surface area contributed by atoms with Crippen molar-refractivity contribution < 1.29 is 19.1 Å². The Labute approximate surface area is 213 Å². The van der Waals surface area contributed by atoms with Gasteiger partial charge in [0.25, 0.3) is 11.8 Å². The molecule has 0 atom stereocenters. The number of ether oxygens (including phenoxy) is 1. The van der Waals surface area contributed by atoms with Gasteiger partial charge in [-0.15, -0.1) is 0 Å². The molecular formula is C29H35N3O4. The Morgan fingerprint density at radius 2 is 1.61 bits per heavy atom. The summed E-state index contributed by atoms with van der Waals surface area (Å²) in [7, 11) is 1.58. The number of likely N-dealkylation sites (tertiary alicyclic amines) is 1. The molecule has 7 heteroatoms. The topological polar surface area (TPSA) is 70.2 Å². The maximum Gasteiger partial charge on any atom is 0.255 e. The predicted molar refractivity (Wildman–Crippen MR) is 136 cm³/mol. The minimum Gasteiger partial charge on any atom is -0.497 e. The fraction of sp³-hybridized carbons (Fsp3) is 0.483. The first-order valence-electron chi connectivity index (χ1n) is 13.1. The Hall–Kier alpha value is -3.19. The van der Waals surface area contributed by atoms with Gasteiger partial charge in [0, 0.05) is 31.2 Å². The van der Waals surface area contributed by atoms with Crippen LogP contribution in [0.4, 0.5) is 0 Å². The van der Waals surface area contributed by atoms with Crippen molar-refractivity contribution >= 4 is 17.7 Å². The van der Waals surface area contributed by atoms with E-state index in [0.29, 0.717) is 37.2 Å². The zero-order valence-electron chi connectivity index (χ0n) is 21.0. The first-order chi connectivity index (χ1) is 17.5. The summed E-state index contributed by atoms with van der Waals surface area (Å²) in [6.07, 6.45) is 5.99. The third kappa shape index (κ3) is 4.64. The van der Waals surface area contributed by atoms with Crippen molar-refractivity contribution in [3.63, 3.8) is 0 Å². The second-order valence-electron chi connectivity index (χ2n) is 10.3. The quantitative estimate of drug-likeness (QED) is 0.597. The Balaban J connectivity index is 1.42. The predicted octanol–water partition coefficient (Wildman–Crippen LogP) is 3.87. The van der Waals surface area contributed by atoms with E-state index >= 15 is 0 Å². The van der Waals surface area contributed by atoms with Crippen LogP contribution >= 0.6 is 0 Å². The number of rotatable bonds is 5. The number of amides is 3. The zero-order valence-corrected chi connectivity index (χ0v) is 21.0. The van der Waals surface area contributed by atoms with Gasteiger partial charge in [-0.2, -0.15) is 0 Å². The summed E-state index contributed by atoms with van der Waals surface area (Å²) in [5, 5.41) is 0. The van der Waals surface area contributed by atoms with Crippen LogP contribution < -0.4 is 4.74 Å². The average molecular weight is 490 g/mol. The lowest BCUT2D eigenvalue weighted by Gasteiger charge is -2.53. The Bertz CT molecular complexity index is 1090. The lowest BCUT2D eigenvalue weighted by molar-refractivity contribution is -0.167. The number of methoxy groups -OCH3 is 1. The first-order valence-corrected chi connectivity index (χ1v) is 13.1. The summed E-state index contributed by atoms with van der Waals surface area (Å²) in [5.74, 6) is -0.0260. The normalized spacial score (nSPS) is 21.1. The molecule has 5 rings (SSSR count). The molecule has 2 aromatic rings. The second kappa shape index (κ2) is 10.4. The average Bonchev–Trinajstić information content (AvgIpc) is 2.93. The van der Waals surface area contributed by atoms with E-state index in [9.17, 15) is 14.4 Å². The lowest BCUT2D eigenvalue weighted by Crippen LogP contribution is -2.72. The first kappa shape index (κ1) is 24.5. The van der Waals surface area contributed by atoms with Gasteiger partial charge in [-0.05, 0) is 55.5 Å². The van der Waals surface area contributed by atoms with Gasteiger partial charge in [0.2, 0.25) is 5.91 Å². The molecule has 1 spiro atoms. The second-order valence-corrected chi connectivity index (χ2v) is 10.3. The molecule has 0 unspecified atom stereocenters. The van der Waals surface area contributed by atoms with E-state index < -0.39 is 5.54 Å². The molecule has 0 radical (unpaired) electrons. The van der Waals surface area contributed by atoms with Crippen LogP contribution in [0.5, 0.6) is 5.75 Å². The highest BCUT2D eigenvalue weighted by molar-refractivity contribution is 6.09. The van der Waals surface area contributed by atoms with E-state index in [-0.39, 0.29) is 30.3 Å². The van der Waals surface area contributed by atoms with Crippen molar-refractivity contribution in [2.45, 2.75) is 63.1 Å². The fourth-order valence-corrected chi connectivity index (χ4v) is 6.09. The highest BCUT2D eigenvalue weighted by Gasteiger charge is 2.56. The monoisotopic (exact) mass is 489 g/mol. The third-order valence-electron chi connectivity index (χ3n) is 8.15. The van der Waals surface area contributed by atoms with Crippen LogP contribution in [-0.4, -0.2) is 70.7 Å². The van der Waals surface area contributed by atoms with Crippen LogP contribution in [0.3, 0.4) is 0 Å². The number of nitrogens with zero attached hydrogens (tertiary/aromatic N) is 3. The number of piperazine rings is 1. The van der Waals surface area contributed by atoms with Crippen LogP contribution in [0, 0.1) is 0 Å². The van der Waals surface area contributed by atoms with Gasteiger partial charge in [0.15, 0.2) is 0 Å². The molecule has 0 aromatic heterocycles. The van der Waals surface area contributed by atoms with E-state index in [2.05, 4.69) is 17.0 Å². The number of hydrogen-bond acceptors (Lipinski definition) is 5. The number of carbonyl (C=O) groups is 3. The minimum atomic E-state index is -0.991. The molecule has 3 fully saturated rings. The van der Waals surface area contributed by atoms with Crippen LogP contribution in [0.2, 0.25) is 0 Å². The standard InChI is InChI=1S/C29H35N3O4/c1-36-25-14-12-23(13-15-25)27(34)31-21-26(33)32(24-10-6-3-7-11-24)28(35)29(31)16-18-30(19-17-29)20-22-8-4-2-5-9-22/h2,4-5,8-9,12-15,24H,3,6-7,10-11,16-21H2,1H3. The molecule has 3 amide bonds. The number of hydrogen-bond donors (Lipinski definition) is 0. The van der Waals surface area contributed by atoms with Crippen molar-refractivity contribution in [1.82, 2.24) is 14.7 Å². The van der Waals surface area contributed by atoms with Crippen molar-refractivity contribution in [2.75, 3.05) is 26.7 Å². The molecule has 7 nitrogen and oxygen atoms in total. The van der Waals surface area contributed by atoms with E-state index in [4.69, 9.17) is 4.74 Å². The molecule has 3 aliphatic rings. The Morgan fingerprint density at radius 3 is 2.25 bits per heavy atom. The fourth-order valence-electron chi connectivity index (χ4n) is 6.09. The summed E-state index contributed by atoms with van der Waals surface area (Å²) in [5.41, 5.74) is 0.706. The van der Waals surface area contributed by atoms with E-state index in [0.717, 1.165) is 38.6 Å². The summed E-state index contributed by atoms with van der Waals surface area (Å²) in [6, 6.07) is 17.2. The van der Waals surface area contributed by atoms with Gasteiger partial charge < -0.3 is 9.64 Å². The molecule has 2 saturated heterocycles. The molecule has 0 N–H and O–H groups in total. The zero-order chi connectivity index (χ0) is 25.1. The van der Waals surface area contributed by atoms with Crippen molar-refractivity contribution in [1.29, 1.82) is 0 Å². The summed E-state index contributed by atoms with van der Waals surface area (Å²) >= 11 is 0. The largest absolute Gasteiger partial charge is 0.497 e. The molecule has 2 aliphatic heterocycles. The molecular weight excluding hydrogens is 454 g/mol. The molecule has 2 heterocycles. The summed E-state index contributed by atoms with van der Waals surface area (Å²) in [4.78, 5) is 46.8. The minimum absolute atomic E-state index is 0.0452. The Kier molecular flexibility index (Phi) is 7.10. The molecule has 2 aromatic carbocycles.